The van der Waals surface area contributed by atoms with Gasteiger partial charge in [-0.15, -0.1) is 0 Å². The number of sulfonamides is 1. The molecule has 0 radical (unpaired) electrons. The van der Waals surface area contributed by atoms with Crippen molar-refractivity contribution in [2.75, 3.05) is 43.9 Å². The van der Waals surface area contributed by atoms with Crippen molar-refractivity contribution in [3.63, 3.8) is 0 Å². The van der Waals surface area contributed by atoms with Crippen LogP contribution in [0.4, 0.5) is 10.3 Å². The quantitative estimate of drug-likeness (QED) is 0.569. The van der Waals surface area contributed by atoms with Crippen LogP contribution in [0.2, 0.25) is 0 Å². The maximum absolute atomic E-state index is 13.0. The predicted octanol–water partition coefficient (Wildman–Crippen LogP) is 3.81. The van der Waals surface area contributed by atoms with Crippen molar-refractivity contribution >= 4 is 31.9 Å². The van der Waals surface area contributed by atoms with Gasteiger partial charge in [-0.1, -0.05) is 6.07 Å². The number of hydrogen-bond acceptors (Lipinski definition) is 6. The molecule has 174 valence electrons. The van der Waals surface area contributed by atoms with E-state index in [9.17, 15) is 12.8 Å². The standard InChI is InChI=1S/C22H28BrFN4O3S/c1-32(29,30)28-10-6-17(7-11-28)18-2-3-21(20(23)12-18)31-15-16-4-8-27(9-5-16)22-25-13-19(24)14-26-22/h2-3,12-14,16-17H,4-11,15H2,1H3. The maximum Gasteiger partial charge on any atom is 0.225 e. The van der Waals surface area contributed by atoms with E-state index in [1.807, 2.05) is 6.07 Å². The molecule has 2 aromatic rings. The predicted molar refractivity (Wildman–Crippen MR) is 125 cm³/mol. The molecular weight excluding hydrogens is 499 g/mol. The molecule has 4 rings (SSSR count). The molecule has 0 aliphatic carbocycles. The van der Waals surface area contributed by atoms with Crippen LogP contribution >= 0.6 is 15.9 Å². The van der Waals surface area contributed by atoms with Gasteiger partial charge in [-0.05, 0) is 71.1 Å². The van der Waals surface area contributed by atoms with Gasteiger partial charge in [-0.3, -0.25) is 0 Å². The van der Waals surface area contributed by atoms with Gasteiger partial charge in [0.2, 0.25) is 16.0 Å². The van der Waals surface area contributed by atoms with E-state index in [-0.39, 0.29) is 0 Å². The van der Waals surface area contributed by atoms with Gasteiger partial charge in [0, 0.05) is 26.2 Å². The summed E-state index contributed by atoms with van der Waals surface area (Å²) in [5.41, 5.74) is 1.21. The molecule has 10 heteroatoms. The van der Waals surface area contributed by atoms with E-state index in [0.717, 1.165) is 49.0 Å². The van der Waals surface area contributed by atoms with E-state index in [0.29, 0.717) is 37.5 Å². The Labute approximate surface area is 197 Å². The molecule has 0 unspecified atom stereocenters. The van der Waals surface area contributed by atoms with E-state index >= 15 is 0 Å². The summed E-state index contributed by atoms with van der Waals surface area (Å²) in [5, 5.41) is 0. The highest BCUT2D eigenvalue weighted by molar-refractivity contribution is 9.10. The summed E-state index contributed by atoms with van der Waals surface area (Å²) < 4.78 is 45.0. The summed E-state index contributed by atoms with van der Waals surface area (Å²) in [4.78, 5) is 10.2. The molecule has 2 fully saturated rings. The van der Waals surface area contributed by atoms with Crippen LogP contribution in [0.1, 0.15) is 37.2 Å². The number of anilines is 1. The van der Waals surface area contributed by atoms with Crippen LogP contribution in [0.15, 0.2) is 35.1 Å². The van der Waals surface area contributed by atoms with Crippen LogP contribution in [-0.2, 0) is 10.0 Å². The second-order valence-electron chi connectivity index (χ2n) is 8.57. The molecule has 2 aliphatic heterocycles. The molecular formula is C22H28BrFN4O3S. The Balaban J connectivity index is 1.26. The number of hydrogen-bond donors (Lipinski definition) is 0. The SMILES string of the molecule is CS(=O)(=O)N1CCC(c2ccc(OCC3CCN(c4ncc(F)cn4)CC3)c(Br)c2)CC1. The van der Waals surface area contributed by atoms with Crippen LogP contribution in [0.3, 0.4) is 0 Å². The average Bonchev–Trinajstić information content (AvgIpc) is 2.79. The van der Waals surface area contributed by atoms with Crippen molar-refractivity contribution < 1.29 is 17.5 Å². The fraction of sp³-hybridized carbons (Fsp3) is 0.545. The lowest BCUT2D eigenvalue weighted by molar-refractivity contribution is 0.221. The Kier molecular flexibility index (Phi) is 7.31. The summed E-state index contributed by atoms with van der Waals surface area (Å²) >= 11 is 3.64. The third-order valence-corrected chi connectivity index (χ3v) is 8.25. The molecule has 7 nitrogen and oxygen atoms in total. The Morgan fingerprint density at radius 1 is 1.09 bits per heavy atom. The number of piperidine rings is 2. The van der Waals surface area contributed by atoms with Crippen LogP contribution < -0.4 is 9.64 Å². The minimum absolute atomic E-state index is 0.358. The smallest absolute Gasteiger partial charge is 0.225 e. The Bertz CT molecular complexity index is 1020. The van der Waals surface area contributed by atoms with Crippen LogP contribution in [0, 0.1) is 11.7 Å². The van der Waals surface area contributed by atoms with E-state index < -0.39 is 15.8 Å². The Morgan fingerprint density at radius 2 is 1.75 bits per heavy atom. The van der Waals surface area contributed by atoms with Crippen molar-refractivity contribution in [2.24, 2.45) is 5.92 Å². The van der Waals surface area contributed by atoms with Gasteiger partial charge in [-0.25, -0.2) is 27.1 Å². The number of ether oxygens (including phenoxy) is 1. The Hall–Kier alpha value is -1.78. The monoisotopic (exact) mass is 526 g/mol. The number of halogens is 2. The molecule has 1 aromatic carbocycles. The van der Waals surface area contributed by atoms with Crippen molar-refractivity contribution in [3.05, 3.63) is 46.4 Å². The first-order valence-electron chi connectivity index (χ1n) is 10.9. The number of benzene rings is 1. The molecule has 2 aliphatic rings. The van der Waals surface area contributed by atoms with Gasteiger partial charge in [0.25, 0.3) is 0 Å². The van der Waals surface area contributed by atoms with Gasteiger partial charge in [0.05, 0.1) is 29.7 Å². The highest BCUT2D eigenvalue weighted by atomic mass is 79.9. The van der Waals surface area contributed by atoms with Gasteiger partial charge in [0.15, 0.2) is 5.82 Å². The normalized spacial score (nSPS) is 19.3. The van der Waals surface area contributed by atoms with Crippen molar-refractivity contribution in [1.82, 2.24) is 14.3 Å². The molecule has 0 amide bonds. The minimum atomic E-state index is -3.11. The number of rotatable bonds is 6. The zero-order valence-electron chi connectivity index (χ0n) is 18.1. The lowest BCUT2D eigenvalue weighted by atomic mass is 9.90. The van der Waals surface area contributed by atoms with Crippen molar-refractivity contribution in [2.45, 2.75) is 31.6 Å². The van der Waals surface area contributed by atoms with Gasteiger partial charge < -0.3 is 9.64 Å². The van der Waals surface area contributed by atoms with E-state index in [1.54, 1.807) is 4.31 Å². The summed E-state index contributed by atoms with van der Waals surface area (Å²) in [5.74, 6) is 1.78. The van der Waals surface area contributed by atoms with Crippen LogP contribution in [-0.4, -0.2) is 61.7 Å². The lowest BCUT2D eigenvalue weighted by Crippen LogP contribution is -2.37. The van der Waals surface area contributed by atoms with E-state index in [1.165, 1.54) is 24.2 Å². The van der Waals surface area contributed by atoms with Gasteiger partial charge in [-0.2, -0.15) is 0 Å². The Morgan fingerprint density at radius 3 is 2.34 bits per heavy atom. The molecule has 0 spiro atoms. The second kappa shape index (κ2) is 10.0. The molecule has 3 heterocycles. The average molecular weight is 527 g/mol. The first kappa shape index (κ1) is 23.4. The number of nitrogens with zero attached hydrogens (tertiary/aromatic N) is 4. The first-order valence-corrected chi connectivity index (χ1v) is 13.5. The molecule has 1 aromatic heterocycles. The molecule has 0 saturated carbocycles. The molecule has 32 heavy (non-hydrogen) atoms. The first-order chi connectivity index (χ1) is 15.3. The fourth-order valence-corrected chi connectivity index (χ4v) is 5.77. The largest absolute Gasteiger partial charge is 0.492 e. The summed E-state index contributed by atoms with van der Waals surface area (Å²) in [6.07, 6.45) is 7.27. The van der Waals surface area contributed by atoms with Gasteiger partial charge in [0.1, 0.15) is 5.75 Å². The van der Waals surface area contributed by atoms with E-state index in [2.05, 4.69) is 42.9 Å². The minimum Gasteiger partial charge on any atom is -0.492 e. The summed E-state index contributed by atoms with van der Waals surface area (Å²) in [7, 11) is -3.11. The van der Waals surface area contributed by atoms with Crippen LogP contribution in [0.25, 0.3) is 0 Å². The second-order valence-corrected chi connectivity index (χ2v) is 11.4. The molecule has 0 atom stereocenters. The highest BCUT2D eigenvalue weighted by Gasteiger charge is 2.26. The lowest BCUT2D eigenvalue weighted by Gasteiger charge is -2.32. The summed E-state index contributed by atoms with van der Waals surface area (Å²) in [6, 6.07) is 6.20. The zero-order valence-corrected chi connectivity index (χ0v) is 20.5. The topological polar surface area (TPSA) is 75.6 Å². The maximum atomic E-state index is 13.0. The third-order valence-electron chi connectivity index (χ3n) is 6.33. The third kappa shape index (κ3) is 5.77. The van der Waals surface area contributed by atoms with Crippen molar-refractivity contribution in [1.29, 1.82) is 0 Å². The van der Waals surface area contributed by atoms with Gasteiger partial charge >= 0.3 is 0 Å². The van der Waals surface area contributed by atoms with E-state index in [4.69, 9.17) is 4.74 Å². The highest BCUT2D eigenvalue weighted by Crippen LogP contribution is 2.34. The number of aromatic nitrogens is 2. The van der Waals surface area contributed by atoms with Crippen molar-refractivity contribution in [3.8, 4) is 5.75 Å². The molecule has 2 saturated heterocycles. The molecule has 0 N–H and O–H groups in total. The van der Waals surface area contributed by atoms with Crippen LogP contribution in [0.5, 0.6) is 5.75 Å². The fourth-order valence-electron chi connectivity index (χ4n) is 4.38. The summed E-state index contributed by atoms with van der Waals surface area (Å²) in [6.45, 7) is 3.43. The zero-order chi connectivity index (χ0) is 22.7. The molecule has 0 bridgehead atoms.